The average molecular weight is 273 g/mol. The molecule has 0 aliphatic rings. The Hall–Kier alpha value is -2.27. The van der Waals surface area contributed by atoms with E-state index in [-0.39, 0.29) is 11.3 Å². The fourth-order valence-electron chi connectivity index (χ4n) is 1.55. The van der Waals surface area contributed by atoms with Crippen LogP contribution in [0.2, 0.25) is 0 Å². The summed E-state index contributed by atoms with van der Waals surface area (Å²) in [5.74, 6) is -1.47. The number of carboxylic acid groups (broad SMARTS) is 1. The minimum absolute atomic E-state index is 0.150. The maximum Gasteiger partial charge on any atom is 0.339 e. The summed E-state index contributed by atoms with van der Waals surface area (Å²) in [4.78, 5) is 15.8. The zero-order chi connectivity index (χ0) is 13.8. The normalized spacial score (nSPS) is 10.8. The minimum atomic E-state index is -1.18. The number of aromatic carboxylic acids is 1. The Bertz CT molecular complexity index is 653. The van der Waals surface area contributed by atoms with Crippen molar-refractivity contribution >= 4 is 30.5 Å². The monoisotopic (exact) mass is 273 g/mol. The molecule has 96 valence electrons. The third-order valence-corrected chi connectivity index (χ3v) is 2.90. The molecule has 0 saturated carbocycles. The lowest BCUT2D eigenvalue weighted by Crippen LogP contribution is -1.98. The van der Waals surface area contributed by atoms with Crippen molar-refractivity contribution in [2.75, 3.05) is 0 Å². The molecule has 4 nitrogen and oxygen atoms in total. The van der Waals surface area contributed by atoms with Gasteiger partial charge in [0.15, 0.2) is 0 Å². The van der Waals surface area contributed by atoms with Gasteiger partial charge in [-0.1, -0.05) is 18.2 Å². The predicted octanol–water partition coefficient (Wildman–Crippen LogP) is 3.13. The number of thiol groups is 1. The first-order valence-electron chi connectivity index (χ1n) is 5.47. The molecule has 0 heterocycles. The van der Waals surface area contributed by atoms with E-state index in [4.69, 9.17) is 5.11 Å². The second-order valence-electron chi connectivity index (χ2n) is 3.80. The van der Waals surface area contributed by atoms with E-state index in [0.29, 0.717) is 16.1 Å². The molecule has 0 amide bonds. The van der Waals surface area contributed by atoms with Gasteiger partial charge in [-0.3, -0.25) is 4.99 Å². The van der Waals surface area contributed by atoms with Crippen LogP contribution in [-0.2, 0) is 0 Å². The third kappa shape index (κ3) is 2.95. The van der Waals surface area contributed by atoms with Gasteiger partial charge in [0.1, 0.15) is 11.3 Å². The molecule has 0 aromatic heterocycles. The van der Waals surface area contributed by atoms with E-state index in [1.54, 1.807) is 24.3 Å². The predicted molar refractivity (Wildman–Crippen MR) is 76.0 cm³/mol. The van der Waals surface area contributed by atoms with Gasteiger partial charge in [0.25, 0.3) is 0 Å². The SMILES string of the molecule is O=C(O)c1cccc(/C=N/c2ccccc2S)c1O. The van der Waals surface area contributed by atoms with Gasteiger partial charge in [0.05, 0.1) is 5.69 Å². The molecule has 5 heteroatoms. The van der Waals surface area contributed by atoms with Crippen LogP contribution < -0.4 is 0 Å². The first-order valence-corrected chi connectivity index (χ1v) is 5.91. The van der Waals surface area contributed by atoms with Crippen molar-refractivity contribution in [1.29, 1.82) is 0 Å². The van der Waals surface area contributed by atoms with E-state index < -0.39 is 5.97 Å². The van der Waals surface area contributed by atoms with Crippen molar-refractivity contribution in [3.63, 3.8) is 0 Å². The number of benzene rings is 2. The summed E-state index contributed by atoms with van der Waals surface area (Å²) in [5, 5.41) is 18.7. The quantitative estimate of drug-likeness (QED) is 0.594. The van der Waals surface area contributed by atoms with Crippen LogP contribution in [0.5, 0.6) is 5.75 Å². The Morgan fingerprint density at radius 1 is 1.16 bits per heavy atom. The van der Waals surface area contributed by atoms with Crippen molar-refractivity contribution in [2.45, 2.75) is 4.90 Å². The van der Waals surface area contributed by atoms with Crippen LogP contribution in [-0.4, -0.2) is 22.4 Å². The van der Waals surface area contributed by atoms with Crippen molar-refractivity contribution < 1.29 is 15.0 Å². The Morgan fingerprint density at radius 3 is 2.58 bits per heavy atom. The lowest BCUT2D eigenvalue weighted by Gasteiger charge is -2.03. The van der Waals surface area contributed by atoms with Crippen LogP contribution in [0.3, 0.4) is 0 Å². The van der Waals surface area contributed by atoms with E-state index in [0.717, 1.165) is 0 Å². The number of carbonyl (C=O) groups is 1. The molecule has 0 unspecified atom stereocenters. The number of phenols is 1. The maximum absolute atomic E-state index is 10.9. The van der Waals surface area contributed by atoms with E-state index >= 15 is 0 Å². The topological polar surface area (TPSA) is 69.9 Å². The Morgan fingerprint density at radius 2 is 1.89 bits per heavy atom. The van der Waals surface area contributed by atoms with Gasteiger partial charge < -0.3 is 10.2 Å². The summed E-state index contributed by atoms with van der Waals surface area (Å²) < 4.78 is 0. The summed E-state index contributed by atoms with van der Waals surface area (Å²) in [6.45, 7) is 0. The van der Waals surface area contributed by atoms with Gasteiger partial charge >= 0.3 is 5.97 Å². The van der Waals surface area contributed by atoms with Crippen molar-refractivity contribution in [1.82, 2.24) is 0 Å². The van der Waals surface area contributed by atoms with Gasteiger partial charge in [-0.2, -0.15) is 0 Å². The minimum Gasteiger partial charge on any atom is -0.506 e. The average Bonchev–Trinajstić information content (AvgIpc) is 2.39. The summed E-state index contributed by atoms with van der Waals surface area (Å²) in [6.07, 6.45) is 1.41. The maximum atomic E-state index is 10.9. The largest absolute Gasteiger partial charge is 0.506 e. The molecular formula is C14H11NO3S. The molecular weight excluding hydrogens is 262 g/mol. The van der Waals surface area contributed by atoms with Crippen molar-refractivity contribution in [3.05, 3.63) is 53.6 Å². The van der Waals surface area contributed by atoms with Crippen molar-refractivity contribution in [2.24, 2.45) is 4.99 Å². The number of para-hydroxylation sites is 2. The Balaban J connectivity index is 2.37. The number of hydrogen-bond donors (Lipinski definition) is 3. The van der Waals surface area contributed by atoms with Crippen LogP contribution in [0.1, 0.15) is 15.9 Å². The van der Waals surface area contributed by atoms with Crippen LogP contribution in [0, 0.1) is 0 Å². The van der Waals surface area contributed by atoms with E-state index in [1.165, 1.54) is 12.3 Å². The van der Waals surface area contributed by atoms with Gasteiger partial charge in [-0.05, 0) is 24.3 Å². The van der Waals surface area contributed by atoms with Gasteiger partial charge in [0.2, 0.25) is 0 Å². The molecule has 2 aromatic rings. The molecule has 0 aliphatic carbocycles. The number of rotatable bonds is 3. The van der Waals surface area contributed by atoms with Gasteiger partial charge in [-0.25, -0.2) is 4.79 Å². The Kier molecular flexibility index (Phi) is 3.87. The second-order valence-corrected chi connectivity index (χ2v) is 4.28. The zero-order valence-electron chi connectivity index (χ0n) is 9.82. The summed E-state index contributed by atoms with van der Waals surface area (Å²) in [5.41, 5.74) is 0.838. The molecule has 2 aromatic carbocycles. The first-order chi connectivity index (χ1) is 9.09. The summed E-state index contributed by atoms with van der Waals surface area (Å²) in [7, 11) is 0. The molecule has 0 bridgehead atoms. The molecule has 0 radical (unpaired) electrons. The van der Waals surface area contributed by atoms with E-state index in [9.17, 15) is 9.90 Å². The van der Waals surface area contributed by atoms with E-state index in [1.807, 2.05) is 12.1 Å². The molecule has 0 atom stereocenters. The number of carboxylic acids is 1. The zero-order valence-corrected chi connectivity index (χ0v) is 10.7. The molecule has 2 rings (SSSR count). The lowest BCUT2D eigenvalue weighted by molar-refractivity contribution is 0.0693. The molecule has 0 saturated heterocycles. The van der Waals surface area contributed by atoms with Crippen LogP contribution in [0.15, 0.2) is 52.4 Å². The number of aliphatic imine (C=N–C) groups is 1. The molecule has 19 heavy (non-hydrogen) atoms. The summed E-state index contributed by atoms with van der Waals surface area (Å²) >= 11 is 4.25. The fourth-order valence-corrected chi connectivity index (χ4v) is 1.77. The van der Waals surface area contributed by atoms with E-state index in [2.05, 4.69) is 17.6 Å². The first kappa shape index (κ1) is 13.2. The highest BCUT2D eigenvalue weighted by molar-refractivity contribution is 7.80. The number of hydrogen-bond acceptors (Lipinski definition) is 4. The molecule has 0 fully saturated rings. The number of nitrogens with zero attached hydrogens (tertiary/aromatic N) is 1. The van der Waals surface area contributed by atoms with Crippen LogP contribution >= 0.6 is 12.6 Å². The highest BCUT2D eigenvalue weighted by Gasteiger charge is 2.11. The molecule has 0 aliphatic heterocycles. The van der Waals surface area contributed by atoms with Gasteiger partial charge in [0, 0.05) is 16.7 Å². The van der Waals surface area contributed by atoms with Crippen molar-refractivity contribution in [3.8, 4) is 5.75 Å². The highest BCUT2D eigenvalue weighted by Crippen LogP contribution is 2.24. The second kappa shape index (κ2) is 5.58. The molecule has 2 N–H and O–H groups in total. The van der Waals surface area contributed by atoms with Crippen LogP contribution in [0.25, 0.3) is 0 Å². The summed E-state index contributed by atoms with van der Waals surface area (Å²) in [6, 6.07) is 11.7. The van der Waals surface area contributed by atoms with Crippen LogP contribution in [0.4, 0.5) is 5.69 Å². The highest BCUT2D eigenvalue weighted by atomic mass is 32.1. The smallest absolute Gasteiger partial charge is 0.339 e. The van der Waals surface area contributed by atoms with Gasteiger partial charge in [-0.15, -0.1) is 12.6 Å². The fraction of sp³-hybridized carbons (Fsp3) is 0. The standard InChI is InChI=1S/C14H11NO3S/c16-13-9(4-3-5-10(13)14(17)18)8-15-11-6-1-2-7-12(11)19/h1-8,16,19H,(H,17,18)/b15-8+. The number of aromatic hydroxyl groups is 1. The Labute approximate surface area is 115 Å². The molecule has 0 spiro atoms. The third-order valence-electron chi connectivity index (χ3n) is 2.52. The lowest BCUT2D eigenvalue weighted by atomic mass is 10.1.